The minimum Gasteiger partial charge on any atom is -0.326 e. The summed E-state index contributed by atoms with van der Waals surface area (Å²) in [5, 5.41) is 2.99. The van der Waals surface area contributed by atoms with E-state index in [1.807, 2.05) is 30.3 Å². The number of rotatable bonds is 3. The molecule has 0 saturated heterocycles. The highest BCUT2D eigenvalue weighted by Crippen LogP contribution is 2.49. The lowest BCUT2D eigenvalue weighted by Gasteiger charge is -2.20. The van der Waals surface area contributed by atoms with Crippen LogP contribution >= 0.6 is 0 Å². The molecule has 1 N–H and O–H groups in total. The first-order valence-corrected chi connectivity index (χ1v) is 6.66. The Bertz CT molecular complexity index is 401. The molecule has 0 radical (unpaired) electrons. The van der Waals surface area contributed by atoms with Crippen molar-refractivity contribution in [2.45, 2.75) is 32.1 Å². The zero-order chi connectivity index (χ0) is 11.7. The largest absolute Gasteiger partial charge is 0.326 e. The average Bonchev–Trinajstić information content (AvgIpc) is 2.92. The molecule has 2 aliphatic rings. The standard InChI is InChI=1S/C15H19NO/c17-15(16-14-4-2-1-3-5-14)10-13-9-11-6-7-12(13)8-11/h1-5,11-13H,6-10H2,(H,16,17). The summed E-state index contributed by atoms with van der Waals surface area (Å²) in [6.07, 6.45) is 6.14. The van der Waals surface area contributed by atoms with Crippen molar-refractivity contribution in [3.63, 3.8) is 0 Å². The van der Waals surface area contributed by atoms with Crippen LogP contribution in [0.25, 0.3) is 0 Å². The molecule has 3 unspecified atom stereocenters. The van der Waals surface area contributed by atoms with Gasteiger partial charge in [-0.25, -0.2) is 0 Å². The van der Waals surface area contributed by atoms with E-state index < -0.39 is 0 Å². The van der Waals surface area contributed by atoms with Crippen LogP contribution in [0.1, 0.15) is 32.1 Å². The highest BCUT2D eigenvalue weighted by Gasteiger charge is 2.39. The van der Waals surface area contributed by atoms with Crippen molar-refractivity contribution >= 4 is 11.6 Å². The molecule has 2 bridgehead atoms. The van der Waals surface area contributed by atoms with E-state index in [0.717, 1.165) is 23.9 Å². The second-order valence-corrected chi connectivity index (χ2v) is 5.55. The molecule has 2 fully saturated rings. The summed E-state index contributed by atoms with van der Waals surface area (Å²) < 4.78 is 0. The second kappa shape index (κ2) is 4.52. The number of carbonyl (C=O) groups excluding carboxylic acids is 1. The van der Waals surface area contributed by atoms with Crippen LogP contribution < -0.4 is 5.32 Å². The van der Waals surface area contributed by atoms with Gasteiger partial charge < -0.3 is 5.32 Å². The van der Waals surface area contributed by atoms with Gasteiger partial charge in [0.2, 0.25) is 5.91 Å². The zero-order valence-corrected chi connectivity index (χ0v) is 10.1. The van der Waals surface area contributed by atoms with E-state index in [9.17, 15) is 4.79 Å². The third-order valence-corrected chi connectivity index (χ3v) is 4.39. The molecule has 2 saturated carbocycles. The van der Waals surface area contributed by atoms with Gasteiger partial charge in [-0.3, -0.25) is 4.79 Å². The third kappa shape index (κ3) is 2.36. The van der Waals surface area contributed by atoms with Crippen molar-refractivity contribution in [2.24, 2.45) is 17.8 Å². The first-order valence-electron chi connectivity index (χ1n) is 6.66. The molecule has 0 heterocycles. The van der Waals surface area contributed by atoms with Gasteiger partial charge in [0.25, 0.3) is 0 Å². The predicted octanol–water partition coefficient (Wildman–Crippen LogP) is 3.45. The number of amides is 1. The highest BCUT2D eigenvalue weighted by atomic mass is 16.1. The fourth-order valence-corrected chi connectivity index (χ4v) is 3.60. The molecule has 0 aromatic heterocycles. The van der Waals surface area contributed by atoms with E-state index in [4.69, 9.17) is 0 Å². The second-order valence-electron chi connectivity index (χ2n) is 5.55. The molecule has 17 heavy (non-hydrogen) atoms. The molecule has 3 rings (SSSR count). The van der Waals surface area contributed by atoms with Crippen molar-refractivity contribution in [3.8, 4) is 0 Å². The summed E-state index contributed by atoms with van der Waals surface area (Å²) in [6, 6.07) is 9.75. The normalized spacial score (nSPS) is 30.5. The summed E-state index contributed by atoms with van der Waals surface area (Å²) in [4.78, 5) is 11.9. The van der Waals surface area contributed by atoms with Gasteiger partial charge in [-0.15, -0.1) is 0 Å². The molecule has 2 heteroatoms. The van der Waals surface area contributed by atoms with Crippen molar-refractivity contribution in [1.82, 2.24) is 0 Å². The van der Waals surface area contributed by atoms with Crippen molar-refractivity contribution in [1.29, 1.82) is 0 Å². The van der Waals surface area contributed by atoms with Gasteiger partial charge in [-0.05, 0) is 49.1 Å². The van der Waals surface area contributed by atoms with Crippen LogP contribution in [0.2, 0.25) is 0 Å². The number of hydrogen-bond acceptors (Lipinski definition) is 1. The van der Waals surface area contributed by atoms with Crippen molar-refractivity contribution in [3.05, 3.63) is 30.3 Å². The number of fused-ring (bicyclic) bond motifs is 2. The number of para-hydroxylation sites is 1. The zero-order valence-electron chi connectivity index (χ0n) is 10.1. The van der Waals surface area contributed by atoms with Crippen LogP contribution in [-0.4, -0.2) is 5.91 Å². The lowest BCUT2D eigenvalue weighted by molar-refractivity contribution is -0.117. The Balaban J connectivity index is 1.54. The minimum absolute atomic E-state index is 0.189. The molecule has 1 amide bonds. The van der Waals surface area contributed by atoms with Crippen LogP contribution in [0.3, 0.4) is 0 Å². The number of hydrogen-bond donors (Lipinski definition) is 1. The average molecular weight is 229 g/mol. The quantitative estimate of drug-likeness (QED) is 0.845. The summed E-state index contributed by atoms with van der Waals surface area (Å²) >= 11 is 0. The topological polar surface area (TPSA) is 29.1 Å². The molecule has 1 aromatic rings. The first-order chi connectivity index (χ1) is 8.31. The Labute approximate surface area is 102 Å². The summed E-state index contributed by atoms with van der Waals surface area (Å²) in [5.74, 6) is 2.60. The van der Waals surface area contributed by atoms with Gasteiger partial charge in [-0.1, -0.05) is 24.6 Å². The molecular formula is C15H19NO. The Hall–Kier alpha value is -1.31. The van der Waals surface area contributed by atoms with Gasteiger partial charge >= 0.3 is 0 Å². The SMILES string of the molecule is O=C(CC1CC2CCC1C2)Nc1ccccc1. The number of anilines is 1. The monoisotopic (exact) mass is 229 g/mol. The Morgan fingerprint density at radius 3 is 2.65 bits per heavy atom. The van der Waals surface area contributed by atoms with Gasteiger partial charge in [0, 0.05) is 12.1 Å². The van der Waals surface area contributed by atoms with E-state index in [2.05, 4.69) is 5.32 Å². The van der Waals surface area contributed by atoms with Crippen LogP contribution in [-0.2, 0) is 4.79 Å². The molecule has 1 aromatic carbocycles. The van der Waals surface area contributed by atoms with Crippen LogP contribution in [0, 0.1) is 17.8 Å². The maximum absolute atomic E-state index is 11.9. The van der Waals surface area contributed by atoms with E-state index >= 15 is 0 Å². The molecule has 3 atom stereocenters. The van der Waals surface area contributed by atoms with Crippen LogP contribution in [0.15, 0.2) is 30.3 Å². The molecular weight excluding hydrogens is 210 g/mol. The molecule has 2 aliphatic carbocycles. The Morgan fingerprint density at radius 2 is 2.00 bits per heavy atom. The van der Waals surface area contributed by atoms with Gasteiger partial charge in [0.1, 0.15) is 0 Å². The van der Waals surface area contributed by atoms with Crippen molar-refractivity contribution in [2.75, 3.05) is 5.32 Å². The van der Waals surface area contributed by atoms with E-state index in [0.29, 0.717) is 5.92 Å². The summed E-state index contributed by atoms with van der Waals surface area (Å²) in [7, 11) is 0. The summed E-state index contributed by atoms with van der Waals surface area (Å²) in [5.41, 5.74) is 0.917. The molecule has 0 aliphatic heterocycles. The molecule has 2 nitrogen and oxygen atoms in total. The third-order valence-electron chi connectivity index (χ3n) is 4.39. The minimum atomic E-state index is 0.189. The molecule has 90 valence electrons. The first kappa shape index (κ1) is 10.8. The van der Waals surface area contributed by atoms with Gasteiger partial charge in [-0.2, -0.15) is 0 Å². The van der Waals surface area contributed by atoms with E-state index in [1.54, 1.807) is 0 Å². The number of nitrogens with one attached hydrogen (secondary N) is 1. The lowest BCUT2D eigenvalue weighted by atomic mass is 9.86. The summed E-state index contributed by atoms with van der Waals surface area (Å²) in [6.45, 7) is 0. The maximum atomic E-state index is 11.9. The smallest absolute Gasteiger partial charge is 0.224 e. The van der Waals surface area contributed by atoms with Crippen LogP contribution in [0.5, 0.6) is 0 Å². The van der Waals surface area contributed by atoms with Crippen LogP contribution in [0.4, 0.5) is 5.69 Å². The fourth-order valence-electron chi connectivity index (χ4n) is 3.60. The Kier molecular flexibility index (Phi) is 2.87. The predicted molar refractivity (Wildman–Crippen MR) is 68.6 cm³/mol. The lowest BCUT2D eigenvalue weighted by Crippen LogP contribution is -2.20. The fraction of sp³-hybridized carbons (Fsp3) is 0.533. The van der Waals surface area contributed by atoms with Gasteiger partial charge in [0.05, 0.1) is 0 Å². The van der Waals surface area contributed by atoms with Gasteiger partial charge in [0.15, 0.2) is 0 Å². The molecule has 0 spiro atoms. The van der Waals surface area contributed by atoms with E-state index in [1.165, 1.54) is 25.7 Å². The highest BCUT2D eigenvalue weighted by molar-refractivity contribution is 5.90. The van der Waals surface area contributed by atoms with Crippen molar-refractivity contribution < 1.29 is 4.79 Å². The number of carbonyl (C=O) groups is 1. The number of benzene rings is 1. The Morgan fingerprint density at radius 1 is 1.18 bits per heavy atom. The van der Waals surface area contributed by atoms with E-state index in [-0.39, 0.29) is 5.91 Å². The maximum Gasteiger partial charge on any atom is 0.224 e.